The number of hydrogen-bond acceptors (Lipinski definition) is 5. The molecule has 1 unspecified atom stereocenters. The van der Waals surface area contributed by atoms with Crippen LogP contribution in [0.5, 0.6) is 0 Å². The normalized spacial score (nSPS) is 13.6. The number of nitrogen functional groups attached to an aromatic ring is 1. The van der Waals surface area contributed by atoms with Crippen LogP contribution in [-0.2, 0) is 14.8 Å². The summed E-state index contributed by atoms with van der Waals surface area (Å²) in [5.41, 5.74) is 5.40. The number of nitrogens with two attached hydrogens (primary N) is 1. The van der Waals surface area contributed by atoms with Crippen LogP contribution in [0.25, 0.3) is 0 Å². The van der Waals surface area contributed by atoms with Crippen LogP contribution in [0.3, 0.4) is 0 Å². The SMILES string of the molecule is COC(C)CNS(=O)(=O)c1cnc(N)c(Cl)c1. The van der Waals surface area contributed by atoms with Crippen molar-refractivity contribution in [2.75, 3.05) is 19.4 Å². The third-order valence-electron chi connectivity index (χ3n) is 2.12. The van der Waals surface area contributed by atoms with E-state index in [9.17, 15) is 8.42 Å². The fourth-order valence-electron chi connectivity index (χ4n) is 0.972. The number of nitrogens with zero attached hydrogens (tertiary/aromatic N) is 1. The van der Waals surface area contributed by atoms with Crippen molar-refractivity contribution in [3.8, 4) is 0 Å². The second-order valence-corrected chi connectivity index (χ2v) is 5.61. The molecular formula is C9H14ClN3O3S. The number of rotatable bonds is 5. The number of halogens is 1. The molecule has 3 N–H and O–H groups in total. The first-order valence-electron chi connectivity index (χ1n) is 4.80. The summed E-state index contributed by atoms with van der Waals surface area (Å²) >= 11 is 5.71. The third-order valence-corrected chi connectivity index (χ3v) is 3.81. The molecule has 0 radical (unpaired) electrons. The summed E-state index contributed by atoms with van der Waals surface area (Å²) < 4.78 is 30.9. The number of pyridine rings is 1. The predicted octanol–water partition coefficient (Wildman–Crippen LogP) is 0.630. The maximum absolute atomic E-state index is 11.8. The Morgan fingerprint density at radius 3 is 2.82 bits per heavy atom. The van der Waals surface area contributed by atoms with Gasteiger partial charge in [-0.1, -0.05) is 11.6 Å². The minimum absolute atomic E-state index is 0.0278. The Balaban J connectivity index is 2.86. The fourth-order valence-corrected chi connectivity index (χ4v) is 2.29. The van der Waals surface area contributed by atoms with Crippen molar-refractivity contribution in [2.24, 2.45) is 0 Å². The van der Waals surface area contributed by atoms with E-state index in [-0.39, 0.29) is 28.4 Å². The molecule has 1 aromatic heterocycles. The predicted molar refractivity (Wildman–Crippen MR) is 65.3 cm³/mol. The van der Waals surface area contributed by atoms with E-state index in [1.807, 2.05) is 0 Å². The Bertz CT molecular complexity index is 492. The van der Waals surface area contributed by atoms with Crippen molar-refractivity contribution in [1.29, 1.82) is 0 Å². The highest BCUT2D eigenvalue weighted by Gasteiger charge is 2.16. The molecule has 1 atom stereocenters. The molecule has 0 spiro atoms. The van der Waals surface area contributed by atoms with Gasteiger partial charge in [-0.25, -0.2) is 18.1 Å². The van der Waals surface area contributed by atoms with Crippen LogP contribution < -0.4 is 10.5 Å². The second-order valence-electron chi connectivity index (χ2n) is 3.44. The monoisotopic (exact) mass is 279 g/mol. The van der Waals surface area contributed by atoms with E-state index in [1.165, 1.54) is 13.2 Å². The van der Waals surface area contributed by atoms with E-state index in [2.05, 4.69) is 9.71 Å². The van der Waals surface area contributed by atoms with Gasteiger partial charge in [-0.3, -0.25) is 0 Å². The number of ether oxygens (including phenoxy) is 1. The molecule has 0 saturated heterocycles. The summed E-state index contributed by atoms with van der Waals surface area (Å²) in [5.74, 6) is 0.0934. The highest BCUT2D eigenvalue weighted by atomic mass is 35.5. The fraction of sp³-hybridized carbons (Fsp3) is 0.444. The molecule has 0 aromatic carbocycles. The van der Waals surface area contributed by atoms with Gasteiger partial charge in [0.2, 0.25) is 10.0 Å². The molecule has 17 heavy (non-hydrogen) atoms. The van der Waals surface area contributed by atoms with Crippen molar-refractivity contribution in [2.45, 2.75) is 17.9 Å². The van der Waals surface area contributed by atoms with E-state index in [0.29, 0.717) is 0 Å². The molecule has 0 aliphatic carbocycles. The van der Waals surface area contributed by atoms with Crippen molar-refractivity contribution in [3.05, 3.63) is 17.3 Å². The smallest absolute Gasteiger partial charge is 0.242 e. The third kappa shape index (κ3) is 3.81. The van der Waals surface area contributed by atoms with Crippen LogP contribution >= 0.6 is 11.6 Å². The molecule has 0 bridgehead atoms. The summed E-state index contributed by atoms with van der Waals surface area (Å²) in [6, 6.07) is 1.25. The molecule has 6 nitrogen and oxygen atoms in total. The number of hydrogen-bond donors (Lipinski definition) is 2. The van der Waals surface area contributed by atoms with Crippen molar-refractivity contribution in [1.82, 2.24) is 9.71 Å². The van der Waals surface area contributed by atoms with Gasteiger partial charge in [0.1, 0.15) is 10.7 Å². The molecule has 8 heteroatoms. The number of sulfonamides is 1. The summed E-state index contributed by atoms with van der Waals surface area (Å²) in [6.07, 6.45) is 0.933. The standard InChI is InChI=1S/C9H14ClN3O3S/c1-6(16-2)4-13-17(14,15)7-3-8(10)9(11)12-5-7/h3,5-6,13H,4H2,1-2H3,(H2,11,12). The van der Waals surface area contributed by atoms with Gasteiger partial charge in [-0.2, -0.15) is 0 Å². The number of nitrogens with one attached hydrogen (secondary N) is 1. The van der Waals surface area contributed by atoms with Gasteiger partial charge < -0.3 is 10.5 Å². The summed E-state index contributed by atoms with van der Waals surface area (Å²) in [4.78, 5) is 3.66. The van der Waals surface area contributed by atoms with E-state index in [4.69, 9.17) is 22.1 Å². The minimum Gasteiger partial charge on any atom is -0.382 e. The Kier molecular flexibility index (Phi) is 4.70. The highest BCUT2D eigenvalue weighted by Crippen LogP contribution is 2.19. The largest absolute Gasteiger partial charge is 0.382 e. The summed E-state index contributed by atoms with van der Waals surface area (Å²) in [5, 5.41) is 0.104. The van der Waals surface area contributed by atoms with Crippen LogP contribution in [0.1, 0.15) is 6.92 Å². The zero-order valence-electron chi connectivity index (χ0n) is 9.47. The van der Waals surface area contributed by atoms with E-state index >= 15 is 0 Å². The Morgan fingerprint density at radius 1 is 1.65 bits per heavy atom. The van der Waals surface area contributed by atoms with Crippen molar-refractivity contribution < 1.29 is 13.2 Å². The molecule has 96 valence electrons. The topological polar surface area (TPSA) is 94.3 Å². The zero-order chi connectivity index (χ0) is 13.1. The van der Waals surface area contributed by atoms with E-state index in [0.717, 1.165) is 6.20 Å². The lowest BCUT2D eigenvalue weighted by Gasteiger charge is -2.11. The Morgan fingerprint density at radius 2 is 2.29 bits per heavy atom. The molecule has 1 aromatic rings. The van der Waals surface area contributed by atoms with Gasteiger partial charge in [0.05, 0.1) is 11.1 Å². The molecule has 0 aliphatic heterocycles. The maximum atomic E-state index is 11.8. The first kappa shape index (κ1) is 14.2. The first-order chi connectivity index (χ1) is 7.86. The van der Waals surface area contributed by atoms with Crippen LogP contribution in [0.15, 0.2) is 17.2 Å². The van der Waals surface area contributed by atoms with Crippen molar-refractivity contribution >= 4 is 27.4 Å². The quantitative estimate of drug-likeness (QED) is 0.824. The van der Waals surface area contributed by atoms with E-state index in [1.54, 1.807) is 6.92 Å². The van der Waals surface area contributed by atoms with Gasteiger partial charge >= 0.3 is 0 Å². The lowest BCUT2D eigenvalue weighted by molar-refractivity contribution is 0.122. The Hall–Kier alpha value is -0.890. The summed E-state index contributed by atoms with van der Waals surface area (Å²) in [6.45, 7) is 1.91. The van der Waals surface area contributed by atoms with E-state index < -0.39 is 10.0 Å². The molecular weight excluding hydrogens is 266 g/mol. The molecule has 0 aliphatic rings. The lowest BCUT2D eigenvalue weighted by Crippen LogP contribution is -2.31. The lowest BCUT2D eigenvalue weighted by atomic mass is 10.4. The molecule has 0 amide bonds. The molecule has 0 fully saturated rings. The van der Waals surface area contributed by atoms with Crippen LogP contribution in [0, 0.1) is 0 Å². The first-order valence-corrected chi connectivity index (χ1v) is 6.66. The number of aromatic nitrogens is 1. The molecule has 1 heterocycles. The number of methoxy groups -OCH3 is 1. The average Bonchev–Trinajstić information content (AvgIpc) is 2.29. The average molecular weight is 280 g/mol. The number of anilines is 1. The summed E-state index contributed by atoms with van der Waals surface area (Å²) in [7, 11) is -2.14. The maximum Gasteiger partial charge on any atom is 0.242 e. The highest BCUT2D eigenvalue weighted by molar-refractivity contribution is 7.89. The molecule has 0 saturated carbocycles. The van der Waals surface area contributed by atoms with Crippen molar-refractivity contribution in [3.63, 3.8) is 0 Å². The Labute approximate surface area is 105 Å². The van der Waals surface area contributed by atoms with Crippen LogP contribution in [-0.4, -0.2) is 33.2 Å². The van der Waals surface area contributed by atoms with Crippen LogP contribution in [0.2, 0.25) is 5.02 Å². The van der Waals surface area contributed by atoms with Crippen LogP contribution in [0.4, 0.5) is 5.82 Å². The van der Waals surface area contributed by atoms with Gasteiger partial charge in [0.15, 0.2) is 0 Å². The minimum atomic E-state index is -3.64. The second kappa shape index (κ2) is 5.63. The molecule has 1 rings (SSSR count). The van der Waals surface area contributed by atoms with Gasteiger partial charge in [0.25, 0.3) is 0 Å². The van der Waals surface area contributed by atoms with Gasteiger partial charge in [-0.05, 0) is 13.0 Å². The van der Waals surface area contributed by atoms with Gasteiger partial charge in [0, 0.05) is 19.9 Å². The zero-order valence-corrected chi connectivity index (χ0v) is 11.0. The van der Waals surface area contributed by atoms with Gasteiger partial charge in [-0.15, -0.1) is 0 Å².